The van der Waals surface area contributed by atoms with E-state index in [1.165, 1.54) is 32.1 Å². The van der Waals surface area contributed by atoms with Crippen molar-refractivity contribution < 1.29 is 5.11 Å². The van der Waals surface area contributed by atoms with E-state index >= 15 is 0 Å². The molecule has 0 aliphatic heterocycles. The predicted octanol–water partition coefficient (Wildman–Crippen LogP) is 3.64. The summed E-state index contributed by atoms with van der Waals surface area (Å²) < 4.78 is 2.51. The van der Waals surface area contributed by atoms with Gasteiger partial charge in [-0.25, -0.2) is 4.98 Å². The minimum absolute atomic E-state index is 0.447. The summed E-state index contributed by atoms with van der Waals surface area (Å²) >= 11 is 3.39. The van der Waals surface area contributed by atoms with E-state index in [1.807, 2.05) is 18.3 Å². The van der Waals surface area contributed by atoms with Crippen LogP contribution in [0.5, 0.6) is 0 Å². The minimum Gasteiger partial charge on any atom is -0.400 e. The Bertz CT molecular complexity index is 781. The second-order valence-corrected chi connectivity index (χ2v) is 6.63. The number of aliphatic hydroxyl groups is 1. The van der Waals surface area contributed by atoms with Gasteiger partial charge in [0.1, 0.15) is 11.6 Å². The number of nitrogen functional groups attached to an aromatic ring is 1. The summed E-state index contributed by atoms with van der Waals surface area (Å²) in [6, 6.07) is 5.65. The fraction of sp³-hybridized carbons (Fsp3) is 0.389. The maximum atomic E-state index is 7.00. The number of hydrogen-bond acceptors (Lipinski definition) is 6. The van der Waals surface area contributed by atoms with Crippen LogP contribution in [-0.4, -0.2) is 31.8 Å². The van der Waals surface area contributed by atoms with E-state index in [4.69, 9.17) is 10.8 Å². The predicted molar refractivity (Wildman–Crippen MR) is 108 cm³/mol. The molecule has 1 aliphatic carbocycles. The fourth-order valence-corrected chi connectivity index (χ4v) is 3.01. The molecule has 0 amide bonds. The molecule has 3 aromatic rings. The van der Waals surface area contributed by atoms with Gasteiger partial charge in [0, 0.05) is 32.1 Å². The number of hydrogen-bond donors (Lipinski definition) is 3. The van der Waals surface area contributed by atoms with Crippen LogP contribution in [-0.2, 0) is 6.54 Å². The lowest BCUT2D eigenvalue weighted by atomic mass is 10.3. The molecule has 8 heteroatoms. The summed E-state index contributed by atoms with van der Waals surface area (Å²) in [5.41, 5.74) is 7.57. The van der Waals surface area contributed by atoms with Crippen molar-refractivity contribution in [1.82, 2.24) is 19.6 Å². The Morgan fingerprint density at radius 2 is 1.88 bits per heavy atom. The number of rotatable bonds is 3. The number of nitrogens with two attached hydrogens (primary N) is 1. The van der Waals surface area contributed by atoms with Gasteiger partial charge in [0.25, 0.3) is 0 Å². The second-order valence-electron chi connectivity index (χ2n) is 5.78. The first-order valence-corrected chi connectivity index (χ1v) is 9.40. The van der Waals surface area contributed by atoms with Gasteiger partial charge < -0.3 is 16.2 Å². The molecule has 0 unspecified atom stereocenters. The molecule has 0 aromatic carbocycles. The van der Waals surface area contributed by atoms with Gasteiger partial charge in [-0.1, -0.05) is 38.2 Å². The molecule has 1 saturated carbocycles. The Morgan fingerprint density at radius 3 is 2.50 bits per heavy atom. The number of nitrogens with one attached hydrogen (secondary N) is 1. The second kappa shape index (κ2) is 10.7. The molecule has 1 aliphatic rings. The van der Waals surface area contributed by atoms with E-state index in [-0.39, 0.29) is 0 Å². The molecule has 3 aromatic heterocycles. The van der Waals surface area contributed by atoms with Gasteiger partial charge in [-0.2, -0.15) is 9.61 Å². The highest BCUT2D eigenvalue weighted by atomic mass is 79.9. The van der Waals surface area contributed by atoms with Crippen LogP contribution >= 0.6 is 15.9 Å². The summed E-state index contributed by atoms with van der Waals surface area (Å²) in [4.78, 5) is 8.30. The zero-order valence-electron chi connectivity index (χ0n) is 14.9. The Hall–Kier alpha value is -2.19. The third kappa shape index (κ3) is 5.67. The minimum atomic E-state index is 0.447. The zero-order chi connectivity index (χ0) is 18.8. The maximum Gasteiger partial charge on any atom is 0.173 e. The quantitative estimate of drug-likeness (QED) is 0.597. The molecular formula is C18H25BrN6O. The molecule has 0 bridgehead atoms. The van der Waals surface area contributed by atoms with Crippen molar-refractivity contribution in [3.05, 3.63) is 46.8 Å². The fourth-order valence-electron chi connectivity index (χ4n) is 2.66. The zero-order valence-corrected chi connectivity index (χ0v) is 16.5. The van der Waals surface area contributed by atoms with Crippen LogP contribution in [0.2, 0.25) is 0 Å². The van der Waals surface area contributed by atoms with Gasteiger partial charge in [0.15, 0.2) is 5.65 Å². The molecule has 0 saturated heterocycles. The van der Waals surface area contributed by atoms with Crippen molar-refractivity contribution in [2.45, 2.75) is 38.6 Å². The van der Waals surface area contributed by atoms with Crippen LogP contribution in [0.4, 0.5) is 11.6 Å². The average molecular weight is 421 g/mol. The number of nitrogens with zero attached hydrogens (tertiary/aromatic N) is 4. The lowest BCUT2D eigenvalue weighted by molar-refractivity contribution is 0.399. The lowest BCUT2D eigenvalue weighted by Gasteiger charge is -2.09. The highest BCUT2D eigenvalue weighted by Gasteiger charge is 2.08. The summed E-state index contributed by atoms with van der Waals surface area (Å²) in [5, 5.41) is 14.5. The first-order valence-electron chi connectivity index (χ1n) is 8.61. The normalized spacial score (nSPS) is 12.7. The molecule has 26 heavy (non-hydrogen) atoms. The van der Waals surface area contributed by atoms with Gasteiger partial charge in [-0.15, -0.1) is 0 Å². The van der Waals surface area contributed by atoms with Crippen molar-refractivity contribution in [3.8, 4) is 0 Å². The number of pyridine rings is 1. The summed E-state index contributed by atoms with van der Waals surface area (Å²) in [5.74, 6) is 1.24. The molecule has 7 nitrogen and oxygen atoms in total. The maximum absolute atomic E-state index is 7.00. The van der Waals surface area contributed by atoms with Gasteiger partial charge in [-0.3, -0.25) is 4.98 Å². The Balaban J connectivity index is 0.000000295. The SMILES string of the molecule is C1CCCC1.CO.Nc1cc(NCc2cccnc2)n2ncc(Br)c2n1. The standard InChI is InChI=1S/C12H11BrN6.C5H10.CH4O/c13-9-7-17-19-11(4-10(14)18-12(9)19)16-6-8-2-1-3-15-5-8;1-2-4-5-3-1;1-2/h1-5,7,16H,6H2,(H2,14,18);1-5H2;2H,1H3. The van der Waals surface area contributed by atoms with Crippen molar-refractivity contribution in [3.63, 3.8) is 0 Å². The van der Waals surface area contributed by atoms with E-state index in [2.05, 4.69) is 36.3 Å². The number of anilines is 2. The molecule has 1 fully saturated rings. The molecule has 4 rings (SSSR count). The monoisotopic (exact) mass is 420 g/mol. The number of aromatic nitrogens is 4. The van der Waals surface area contributed by atoms with Gasteiger partial charge in [-0.05, 0) is 27.6 Å². The third-order valence-electron chi connectivity index (χ3n) is 3.90. The summed E-state index contributed by atoms with van der Waals surface area (Å²) in [6.45, 7) is 0.643. The average Bonchev–Trinajstić information content (AvgIpc) is 3.37. The number of aliphatic hydroxyl groups excluding tert-OH is 1. The van der Waals surface area contributed by atoms with Crippen molar-refractivity contribution in [2.75, 3.05) is 18.2 Å². The lowest BCUT2D eigenvalue weighted by Crippen LogP contribution is -2.07. The van der Waals surface area contributed by atoms with E-state index in [0.717, 1.165) is 23.0 Å². The van der Waals surface area contributed by atoms with Crippen molar-refractivity contribution in [1.29, 1.82) is 0 Å². The topological polar surface area (TPSA) is 101 Å². The number of halogens is 1. The Morgan fingerprint density at radius 1 is 1.19 bits per heavy atom. The first-order chi connectivity index (χ1) is 12.7. The van der Waals surface area contributed by atoms with Crippen molar-refractivity contribution >= 4 is 33.2 Å². The molecular weight excluding hydrogens is 396 g/mol. The van der Waals surface area contributed by atoms with Crippen molar-refractivity contribution in [2.24, 2.45) is 0 Å². The molecule has 0 spiro atoms. The van der Waals surface area contributed by atoms with E-state index in [9.17, 15) is 0 Å². The van der Waals surface area contributed by atoms with E-state index in [0.29, 0.717) is 18.0 Å². The summed E-state index contributed by atoms with van der Waals surface area (Å²) in [7, 11) is 1.00. The van der Waals surface area contributed by atoms with E-state index < -0.39 is 0 Å². The summed E-state index contributed by atoms with van der Waals surface area (Å²) in [6.07, 6.45) is 12.8. The molecule has 3 heterocycles. The Kier molecular flexibility index (Phi) is 8.30. The van der Waals surface area contributed by atoms with Crippen LogP contribution in [0.15, 0.2) is 41.3 Å². The van der Waals surface area contributed by atoms with Gasteiger partial charge >= 0.3 is 0 Å². The van der Waals surface area contributed by atoms with Crippen LogP contribution in [0.3, 0.4) is 0 Å². The Labute approximate surface area is 161 Å². The van der Waals surface area contributed by atoms with Gasteiger partial charge in [0.05, 0.1) is 10.7 Å². The number of fused-ring (bicyclic) bond motifs is 1. The molecule has 4 N–H and O–H groups in total. The molecule has 0 atom stereocenters. The van der Waals surface area contributed by atoms with Crippen LogP contribution in [0, 0.1) is 0 Å². The highest BCUT2D eigenvalue weighted by Crippen LogP contribution is 2.21. The van der Waals surface area contributed by atoms with Crippen LogP contribution in [0.1, 0.15) is 37.7 Å². The third-order valence-corrected chi connectivity index (χ3v) is 4.45. The highest BCUT2D eigenvalue weighted by molar-refractivity contribution is 9.10. The molecule has 140 valence electrons. The molecule has 0 radical (unpaired) electrons. The van der Waals surface area contributed by atoms with Gasteiger partial charge in [0.2, 0.25) is 0 Å². The van der Waals surface area contributed by atoms with Crippen LogP contribution < -0.4 is 11.1 Å². The smallest absolute Gasteiger partial charge is 0.173 e. The van der Waals surface area contributed by atoms with E-state index in [1.54, 1.807) is 23.0 Å². The van der Waals surface area contributed by atoms with Crippen LogP contribution in [0.25, 0.3) is 5.65 Å². The largest absolute Gasteiger partial charge is 0.400 e. The first kappa shape index (κ1) is 20.1.